The molecule has 1 aliphatic heterocycles. The number of guanidine groups is 1. The van der Waals surface area contributed by atoms with Crippen LogP contribution in [0.25, 0.3) is 0 Å². The first-order valence-corrected chi connectivity index (χ1v) is 9.17. The number of hydrogen-bond acceptors (Lipinski definition) is 5. The SMILES string of the molecule is CN=C(NCc1ccc2c(c1)OCO2)NCc1cc(OC)c(OC)cc1Br.I. The van der Waals surface area contributed by atoms with Gasteiger partial charge >= 0.3 is 0 Å². The molecular formula is C19H23BrIN3O4. The van der Waals surface area contributed by atoms with Crippen molar-refractivity contribution in [1.82, 2.24) is 10.6 Å². The Bertz CT molecular complexity index is 848. The van der Waals surface area contributed by atoms with Crippen molar-refractivity contribution in [3.05, 3.63) is 45.9 Å². The molecular weight excluding hydrogens is 541 g/mol. The molecule has 0 spiro atoms. The molecule has 0 radical (unpaired) electrons. The Balaban J connectivity index is 0.00000280. The number of halogens is 2. The summed E-state index contributed by atoms with van der Waals surface area (Å²) in [5.74, 6) is 3.60. The molecule has 0 fully saturated rings. The Labute approximate surface area is 189 Å². The van der Waals surface area contributed by atoms with E-state index in [2.05, 4.69) is 31.6 Å². The van der Waals surface area contributed by atoms with Gasteiger partial charge in [-0.3, -0.25) is 4.99 Å². The number of benzene rings is 2. The fourth-order valence-corrected chi connectivity index (χ4v) is 3.13. The van der Waals surface area contributed by atoms with Gasteiger partial charge in [-0.05, 0) is 35.4 Å². The Hall–Kier alpha value is -1.88. The van der Waals surface area contributed by atoms with Gasteiger partial charge < -0.3 is 29.6 Å². The van der Waals surface area contributed by atoms with E-state index >= 15 is 0 Å². The monoisotopic (exact) mass is 563 g/mol. The summed E-state index contributed by atoms with van der Waals surface area (Å²) in [7, 11) is 4.97. The Kier molecular flexibility index (Phi) is 8.49. The molecule has 2 N–H and O–H groups in total. The molecule has 0 aliphatic carbocycles. The minimum atomic E-state index is 0. The van der Waals surface area contributed by atoms with Gasteiger partial charge in [0.15, 0.2) is 29.0 Å². The molecule has 2 aromatic rings. The zero-order chi connectivity index (χ0) is 19.2. The highest BCUT2D eigenvalue weighted by Gasteiger charge is 2.13. The van der Waals surface area contributed by atoms with Gasteiger partial charge in [-0.25, -0.2) is 0 Å². The topological polar surface area (TPSA) is 73.3 Å². The molecule has 0 amide bonds. The molecule has 1 aliphatic rings. The highest BCUT2D eigenvalue weighted by molar-refractivity contribution is 14.0. The van der Waals surface area contributed by atoms with Gasteiger partial charge in [0.1, 0.15) is 0 Å². The van der Waals surface area contributed by atoms with Crippen molar-refractivity contribution >= 4 is 45.9 Å². The number of methoxy groups -OCH3 is 2. The quantitative estimate of drug-likeness (QED) is 0.317. The maximum atomic E-state index is 5.41. The zero-order valence-corrected chi connectivity index (χ0v) is 19.8. The first-order chi connectivity index (χ1) is 13.1. The lowest BCUT2D eigenvalue weighted by Crippen LogP contribution is -2.36. The average Bonchev–Trinajstić information content (AvgIpc) is 3.16. The van der Waals surface area contributed by atoms with Gasteiger partial charge in [0, 0.05) is 24.6 Å². The second kappa shape index (κ2) is 10.6. The fourth-order valence-electron chi connectivity index (χ4n) is 2.67. The van der Waals surface area contributed by atoms with Gasteiger partial charge in [0.05, 0.1) is 14.2 Å². The molecule has 0 saturated carbocycles. The molecule has 9 heteroatoms. The largest absolute Gasteiger partial charge is 0.493 e. The van der Waals surface area contributed by atoms with Crippen LogP contribution >= 0.6 is 39.9 Å². The molecule has 0 bridgehead atoms. The first-order valence-electron chi connectivity index (χ1n) is 8.38. The summed E-state index contributed by atoms with van der Waals surface area (Å²) in [6.07, 6.45) is 0. The number of nitrogens with zero attached hydrogens (tertiary/aromatic N) is 1. The van der Waals surface area contributed by atoms with Crippen LogP contribution in [0.3, 0.4) is 0 Å². The highest BCUT2D eigenvalue weighted by Crippen LogP contribution is 2.33. The number of hydrogen-bond donors (Lipinski definition) is 2. The van der Waals surface area contributed by atoms with Crippen molar-refractivity contribution in [2.24, 2.45) is 4.99 Å². The summed E-state index contributed by atoms with van der Waals surface area (Å²) in [4.78, 5) is 4.26. The maximum Gasteiger partial charge on any atom is 0.231 e. The fraction of sp³-hybridized carbons (Fsp3) is 0.316. The molecule has 2 aromatic carbocycles. The van der Waals surface area contributed by atoms with Crippen LogP contribution in [0, 0.1) is 0 Å². The van der Waals surface area contributed by atoms with Crippen molar-refractivity contribution in [1.29, 1.82) is 0 Å². The minimum Gasteiger partial charge on any atom is -0.493 e. The van der Waals surface area contributed by atoms with Gasteiger partial charge in [0.2, 0.25) is 6.79 Å². The van der Waals surface area contributed by atoms with Crippen LogP contribution in [0.1, 0.15) is 11.1 Å². The van der Waals surface area contributed by atoms with Crippen molar-refractivity contribution < 1.29 is 18.9 Å². The molecule has 0 saturated heterocycles. The summed E-state index contributed by atoms with van der Waals surface area (Å²) >= 11 is 3.57. The molecule has 0 unspecified atom stereocenters. The Morgan fingerprint density at radius 3 is 2.43 bits per heavy atom. The summed E-state index contributed by atoms with van der Waals surface area (Å²) < 4.78 is 22.3. The Morgan fingerprint density at radius 1 is 1.04 bits per heavy atom. The number of nitrogens with one attached hydrogen (secondary N) is 2. The first kappa shape index (κ1) is 22.4. The summed E-state index contributed by atoms with van der Waals surface area (Å²) in [6.45, 7) is 1.46. The van der Waals surface area contributed by atoms with E-state index < -0.39 is 0 Å². The summed E-state index contributed by atoms with van der Waals surface area (Å²) in [6, 6.07) is 9.70. The third-order valence-electron chi connectivity index (χ3n) is 4.12. The smallest absolute Gasteiger partial charge is 0.231 e. The van der Waals surface area contributed by atoms with Gasteiger partial charge in [-0.15, -0.1) is 24.0 Å². The second-order valence-electron chi connectivity index (χ2n) is 5.77. The van der Waals surface area contributed by atoms with Crippen LogP contribution in [0.5, 0.6) is 23.0 Å². The maximum absolute atomic E-state index is 5.41. The molecule has 0 aromatic heterocycles. The van der Waals surface area contributed by atoms with Crippen LogP contribution in [0.2, 0.25) is 0 Å². The number of fused-ring (bicyclic) bond motifs is 1. The lowest BCUT2D eigenvalue weighted by atomic mass is 10.2. The normalized spacial score (nSPS) is 12.2. The lowest BCUT2D eigenvalue weighted by Gasteiger charge is -2.15. The third-order valence-corrected chi connectivity index (χ3v) is 4.86. The van der Waals surface area contributed by atoms with Crippen LogP contribution in [0.15, 0.2) is 39.8 Å². The van der Waals surface area contributed by atoms with Crippen molar-refractivity contribution in [2.75, 3.05) is 28.1 Å². The van der Waals surface area contributed by atoms with E-state index in [0.717, 1.165) is 27.1 Å². The van der Waals surface area contributed by atoms with E-state index in [0.29, 0.717) is 30.5 Å². The standard InChI is InChI=1S/C19H22BrN3O4.HI/c1-21-19(22-9-12-4-5-15-18(6-12)27-11-26-15)23-10-13-7-16(24-2)17(25-3)8-14(13)20;/h4-8H,9-11H2,1-3H3,(H2,21,22,23);1H. The minimum absolute atomic E-state index is 0. The van der Waals surface area contributed by atoms with E-state index in [-0.39, 0.29) is 30.8 Å². The van der Waals surface area contributed by atoms with Crippen molar-refractivity contribution in [3.63, 3.8) is 0 Å². The van der Waals surface area contributed by atoms with E-state index in [1.165, 1.54) is 0 Å². The van der Waals surface area contributed by atoms with E-state index in [9.17, 15) is 0 Å². The third kappa shape index (κ3) is 5.34. The number of aliphatic imine (C=N–C) groups is 1. The predicted molar refractivity (Wildman–Crippen MR) is 122 cm³/mol. The van der Waals surface area contributed by atoms with Crippen molar-refractivity contribution in [3.8, 4) is 23.0 Å². The van der Waals surface area contributed by atoms with Gasteiger partial charge in [-0.1, -0.05) is 22.0 Å². The molecule has 0 atom stereocenters. The molecule has 28 heavy (non-hydrogen) atoms. The zero-order valence-electron chi connectivity index (χ0n) is 15.9. The van der Waals surface area contributed by atoms with Crippen LogP contribution < -0.4 is 29.6 Å². The molecule has 7 nitrogen and oxygen atoms in total. The molecule has 3 rings (SSSR count). The second-order valence-corrected chi connectivity index (χ2v) is 6.62. The van der Waals surface area contributed by atoms with Crippen LogP contribution in [0.4, 0.5) is 0 Å². The average molecular weight is 564 g/mol. The lowest BCUT2D eigenvalue weighted by molar-refractivity contribution is 0.174. The van der Waals surface area contributed by atoms with Gasteiger partial charge in [0.25, 0.3) is 0 Å². The molecule has 152 valence electrons. The van der Waals surface area contributed by atoms with Gasteiger partial charge in [-0.2, -0.15) is 0 Å². The number of ether oxygens (including phenoxy) is 4. The van der Waals surface area contributed by atoms with Crippen LogP contribution in [-0.4, -0.2) is 34.0 Å². The van der Waals surface area contributed by atoms with E-state index in [1.54, 1.807) is 21.3 Å². The summed E-state index contributed by atoms with van der Waals surface area (Å²) in [5.41, 5.74) is 2.10. The Morgan fingerprint density at radius 2 is 1.71 bits per heavy atom. The number of rotatable bonds is 6. The highest BCUT2D eigenvalue weighted by atomic mass is 127. The predicted octanol–water partition coefficient (Wildman–Crippen LogP) is 3.68. The summed E-state index contributed by atoms with van der Waals surface area (Å²) in [5, 5.41) is 6.58. The van der Waals surface area contributed by atoms with Crippen LogP contribution in [-0.2, 0) is 13.1 Å². The van der Waals surface area contributed by atoms with Crippen molar-refractivity contribution in [2.45, 2.75) is 13.1 Å². The molecule has 1 heterocycles. The van der Waals surface area contributed by atoms with E-state index in [4.69, 9.17) is 18.9 Å². The van der Waals surface area contributed by atoms with E-state index in [1.807, 2.05) is 30.3 Å².